The third-order valence-electron chi connectivity index (χ3n) is 4.01. The van der Waals surface area contributed by atoms with E-state index < -0.39 is 0 Å². The fraction of sp³-hybridized carbons (Fsp3) is 0.667. The third kappa shape index (κ3) is 3.45. The Hall–Kier alpha value is -1.13. The smallest absolute Gasteiger partial charge is 0.178 e. The molecule has 0 spiro atoms. The van der Waals surface area contributed by atoms with Gasteiger partial charge in [0.15, 0.2) is 5.78 Å². The van der Waals surface area contributed by atoms with Gasteiger partial charge >= 0.3 is 0 Å². The summed E-state index contributed by atoms with van der Waals surface area (Å²) in [5.74, 6) is 0.187. The first kappa shape index (κ1) is 14.3. The van der Waals surface area contributed by atoms with Crippen LogP contribution in [0.4, 0.5) is 0 Å². The summed E-state index contributed by atoms with van der Waals surface area (Å²) in [6.07, 6.45) is 4.23. The van der Waals surface area contributed by atoms with Crippen LogP contribution in [0.1, 0.15) is 47.4 Å². The Morgan fingerprint density at radius 3 is 2.89 bits per heavy atom. The van der Waals surface area contributed by atoms with Crippen LogP contribution in [0.15, 0.2) is 6.07 Å². The van der Waals surface area contributed by atoms with Gasteiger partial charge in [0, 0.05) is 29.6 Å². The average molecular weight is 264 g/mol. The molecule has 1 atom stereocenters. The summed E-state index contributed by atoms with van der Waals surface area (Å²) in [5, 5.41) is 9.12. The van der Waals surface area contributed by atoms with Gasteiger partial charge in [-0.15, -0.1) is 0 Å². The second kappa shape index (κ2) is 6.35. The topological polar surface area (TPSA) is 56.3 Å². The molecule has 2 heterocycles. The highest BCUT2D eigenvalue weighted by Crippen LogP contribution is 2.20. The second-order valence-corrected chi connectivity index (χ2v) is 5.55. The molecule has 1 unspecified atom stereocenters. The van der Waals surface area contributed by atoms with Gasteiger partial charge in [-0.05, 0) is 45.7 Å². The van der Waals surface area contributed by atoms with Crippen LogP contribution in [0.25, 0.3) is 0 Å². The number of aromatic nitrogens is 1. The van der Waals surface area contributed by atoms with Crippen molar-refractivity contribution in [2.45, 2.75) is 45.6 Å². The fourth-order valence-electron chi connectivity index (χ4n) is 3.03. The van der Waals surface area contributed by atoms with Crippen LogP contribution >= 0.6 is 0 Å². The summed E-state index contributed by atoms with van der Waals surface area (Å²) in [5.41, 5.74) is 2.80. The number of nitrogens with zero attached hydrogens (tertiary/aromatic N) is 1. The minimum Gasteiger partial charge on any atom is -0.396 e. The van der Waals surface area contributed by atoms with Gasteiger partial charge in [0.05, 0.1) is 6.54 Å². The maximum atomic E-state index is 12.4. The van der Waals surface area contributed by atoms with Gasteiger partial charge in [-0.1, -0.05) is 6.42 Å². The number of hydrogen-bond donors (Lipinski definition) is 2. The number of rotatable bonds is 5. The molecule has 1 aliphatic heterocycles. The summed E-state index contributed by atoms with van der Waals surface area (Å²) in [7, 11) is 0. The summed E-state index contributed by atoms with van der Waals surface area (Å²) < 4.78 is 0. The van der Waals surface area contributed by atoms with Gasteiger partial charge < -0.3 is 10.1 Å². The number of aryl methyl sites for hydroxylation is 2. The minimum absolute atomic E-state index is 0.187. The molecule has 0 aromatic carbocycles. The van der Waals surface area contributed by atoms with Crippen molar-refractivity contribution < 1.29 is 9.90 Å². The Kier molecular flexibility index (Phi) is 4.77. The molecule has 0 radical (unpaired) electrons. The summed E-state index contributed by atoms with van der Waals surface area (Å²) >= 11 is 0. The van der Waals surface area contributed by atoms with Gasteiger partial charge in [0.2, 0.25) is 0 Å². The van der Waals surface area contributed by atoms with Crippen molar-refractivity contribution >= 4 is 5.78 Å². The Labute approximate surface area is 114 Å². The Morgan fingerprint density at radius 2 is 2.26 bits per heavy atom. The molecule has 1 fully saturated rings. The lowest BCUT2D eigenvalue weighted by atomic mass is 9.98. The number of ketones is 1. The fourth-order valence-corrected chi connectivity index (χ4v) is 3.03. The summed E-state index contributed by atoms with van der Waals surface area (Å²) in [6, 6.07) is 2.30. The van der Waals surface area contributed by atoms with Gasteiger partial charge in [-0.2, -0.15) is 0 Å². The van der Waals surface area contributed by atoms with Gasteiger partial charge in [0.1, 0.15) is 0 Å². The minimum atomic E-state index is 0.187. The lowest BCUT2D eigenvalue weighted by molar-refractivity contribution is 0.0798. The molecule has 2 N–H and O–H groups in total. The van der Waals surface area contributed by atoms with Crippen LogP contribution in [-0.4, -0.2) is 46.5 Å². The molecule has 19 heavy (non-hydrogen) atoms. The molecule has 1 aliphatic rings. The van der Waals surface area contributed by atoms with E-state index in [9.17, 15) is 4.79 Å². The van der Waals surface area contributed by atoms with E-state index in [1.807, 2.05) is 19.9 Å². The maximum absolute atomic E-state index is 12.4. The summed E-state index contributed by atoms with van der Waals surface area (Å²) in [6.45, 7) is 5.57. The zero-order valence-corrected chi connectivity index (χ0v) is 11.9. The number of aromatic amines is 1. The number of H-pyrrole nitrogens is 1. The van der Waals surface area contributed by atoms with E-state index in [2.05, 4.69) is 9.88 Å². The van der Waals surface area contributed by atoms with Crippen LogP contribution < -0.4 is 0 Å². The van der Waals surface area contributed by atoms with Crippen molar-refractivity contribution in [1.82, 2.24) is 9.88 Å². The number of piperidine rings is 1. The molecular weight excluding hydrogens is 240 g/mol. The molecule has 0 amide bonds. The molecule has 0 aliphatic carbocycles. The molecule has 0 saturated carbocycles. The predicted octanol–water partition coefficient (Wildman–Crippen LogP) is 2.05. The van der Waals surface area contributed by atoms with E-state index in [1.54, 1.807) is 0 Å². The molecule has 1 saturated heterocycles. The first-order valence-electron chi connectivity index (χ1n) is 7.16. The molecule has 2 rings (SSSR count). The Morgan fingerprint density at radius 1 is 1.47 bits per heavy atom. The highest BCUT2D eigenvalue weighted by molar-refractivity contribution is 5.98. The summed E-state index contributed by atoms with van der Waals surface area (Å²) in [4.78, 5) is 17.8. The second-order valence-electron chi connectivity index (χ2n) is 5.55. The van der Waals surface area contributed by atoms with Crippen LogP contribution in [-0.2, 0) is 0 Å². The quantitative estimate of drug-likeness (QED) is 0.800. The maximum Gasteiger partial charge on any atom is 0.178 e. The molecule has 106 valence electrons. The standard InChI is InChI=1S/C15H24N2O2/c1-11-9-14(12(2)16-11)15(19)10-17-7-4-3-5-13(17)6-8-18/h9,13,16,18H,3-8,10H2,1-2H3. The van der Waals surface area contributed by atoms with E-state index in [0.717, 1.165) is 42.8 Å². The van der Waals surface area contributed by atoms with Crippen LogP contribution in [0.5, 0.6) is 0 Å². The van der Waals surface area contributed by atoms with Crippen molar-refractivity contribution in [3.63, 3.8) is 0 Å². The number of nitrogens with one attached hydrogen (secondary N) is 1. The zero-order valence-electron chi connectivity index (χ0n) is 11.9. The Balaban J connectivity index is 2.02. The van der Waals surface area contributed by atoms with Crippen LogP contribution in [0.3, 0.4) is 0 Å². The molecule has 4 heteroatoms. The van der Waals surface area contributed by atoms with Crippen LogP contribution in [0, 0.1) is 13.8 Å². The molecule has 0 bridgehead atoms. The number of aliphatic hydroxyl groups excluding tert-OH is 1. The van der Waals surface area contributed by atoms with E-state index in [0.29, 0.717) is 12.6 Å². The van der Waals surface area contributed by atoms with Crippen molar-refractivity contribution in [1.29, 1.82) is 0 Å². The first-order chi connectivity index (χ1) is 9.11. The third-order valence-corrected chi connectivity index (χ3v) is 4.01. The number of carbonyl (C=O) groups is 1. The average Bonchev–Trinajstić information content (AvgIpc) is 2.71. The lowest BCUT2D eigenvalue weighted by Crippen LogP contribution is -2.43. The van der Waals surface area contributed by atoms with E-state index in [4.69, 9.17) is 5.11 Å². The van der Waals surface area contributed by atoms with E-state index >= 15 is 0 Å². The van der Waals surface area contributed by atoms with E-state index in [1.165, 1.54) is 6.42 Å². The first-order valence-corrected chi connectivity index (χ1v) is 7.16. The van der Waals surface area contributed by atoms with Gasteiger partial charge in [-0.3, -0.25) is 9.69 Å². The van der Waals surface area contributed by atoms with Crippen molar-refractivity contribution in [3.8, 4) is 0 Å². The zero-order chi connectivity index (χ0) is 13.8. The number of carbonyl (C=O) groups excluding carboxylic acids is 1. The largest absolute Gasteiger partial charge is 0.396 e. The molecule has 1 aromatic rings. The van der Waals surface area contributed by atoms with Crippen molar-refractivity contribution in [2.24, 2.45) is 0 Å². The molecular formula is C15H24N2O2. The van der Waals surface area contributed by atoms with Crippen molar-refractivity contribution in [3.05, 3.63) is 23.0 Å². The molecule has 1 aromatic heterocycles. The number of Topliss-reactive ketones (excluding diaryl/α,β-unsaturated/α-hetero) is 1. The van der Waals surface area contributed by atoms with Crippen molar-refractivity contribution in [2.75, 3.05) is 19.7 Å². The predicted molar refractivity (Wildman–Crippen MR) is 75.5 cm³/mol. The molecule has 4 nitrogen and oxygen atoms in total. The highest BCUT2D eigenvalue weighted by Gasteiger charge is 2.24. The number of likely N-dealkylation sites (tertiary alicyclic amines) is 1. The van der Waals surface area contributed by atoms with Crippen LogP contribution in [0.2, 0.25) is 0 Å². The Bertz CT molecular complexity index is 437. The van der Waals surface area contributed by atoms with E-state index in [-0.39, 0.29) is 12.4 Å². The van der Waals surface area contributed by atoms with Gasteiger partial charge in [-0.25, -0.2) is 0 Å². The SMILES string of the molecule is Cc1cc(C(=O)CN2CCCCC2CCO)c(C)[nH]1. The number of aliphatic hydroxyl groups is 1. The highest BCUT2D eigenvalue weighted by atomic mass is 16.3. The lowest BCUT2D eigenvalue weighted by Gasteiger charge is -2.34. The van der Waals surface area contributed by atoms with Gasteiger partial charge in [0.25, 0.3) is 0 Å². The number of hydrogen-bond acceptors (Lipinski definition) is 3. The monoisotopic (exact) mass is 264 g/mol. The normalized spacial score (nSPS) is 20.7.